The molecule has 0 aliphatic carbocycles. The number of nitrogens with zero attached hydrogens (tertiary/aromatic N) is 4. The number of benzene rings is 1. The van der Waals surface area contributed by atoms with Crippen LogP contribution in [0.5, 0.6) is 11.6 Å². The molecule has 0 bridgehead atoms. The van der Waals surface area contributed by atoms with E-state index in [4.69, 9.17) is 4.74 Å². The Kier molecular flexibility index (Phi) is 2.71. The zero-order valence-electron chi connectivity index (χ0n) is 9.47. The lowest BCUT2D eigenvalue weighted by Crippen LogP contribution is -2.01. The topological polar surface area (TPSA) is 52.8 Å². The molecule has 2 heterocycles. The first-order valence-electron chi connectivity index (χ1n) is 5.48. The summed E-state index contributed by atoms with van der Waals surface area (Å²) in [6.45, 7) is 0. The van der Waals surface area contributed by atoms with Crippen molar-refractivity contribution in [1.29, 1.82) is 0 Å². The van der Waals surface area contributed by atoms with E-state index in [-0.39, 0.29) is 0 Å². The molecule has 0 radical (unpaired) electrons. The van der Waals surface area contributed by atoms with E-state index in [0.29, 0.717) is 11.8 Å². The highest BCUT2D eigenvalue weighted by Gasteiger charge is 2.03. The van der Waals surface area contributed by atoms with Gasteiger partial charge in [0, 0.05) is 24.7 Å². The van der Waals surface area contributed by atoms with Crippen molar-refractivity contribution in [2.75, 3.05) is 0 Å². The molecule has 2 aromatic heterocycles. The summed E-state index contributed by atoms with van der Waals surface area (Å²) in [6, 6.07) is 13.0. The molecule has 0 spiro atoms. The maximum Gasteiger partial charge on any atom is 0.253 e. The Labute approximate surface area is 104 Å². The zero-order valence-corrected chi connectivity index (χ0v) is 9.47. The molecule has 0 atom stereocenters. The second-order valence-electron chi connectivity index (χ2n) is 3.56. The Morgan fingerprint density at radius 1 is 0.944 bits per heavy atom. The fourth-order valence-electron chi connectivity index (χ4n) is 1.50. The van der Waals surface area contributed by atoms with Crippen LogP contribution in [0.15, 0.2) is 61.1 Å². The second-order valence-corrected chi connectivity index (χ2v) is 3.56. The van der Waals surface area contributed by atoms with Gasteiger partial charge in [-0.1, -0.05) is 18.2 Å². The molecular weight excluding hydrogens is 228 g/mol. The maximum atomic E-state index is 5.62. The largest absolute Gasteiger partial charge is 0.439 e. The molecule has 0 fully saturated rings. The van der Waals surface area contributed by atoms with Crippen LogP contribution in [0.4, 0.5) is 0 Å². The van der Waals surface area contributed by atoms with E-state index < -0.39 is 0 Å². The molecule has 0 aliphatic rings. The smallest absolute Gasteiger partial charge is 0.253 e. The van der Waals surface area contributed by atoms with E-state index in [1.54, 1.807) is 29.3 Å². The van der Waals surface area contributed by atoms with Gasteiger partial charge in [-0.25, -0.2) is 9.67 Å². The summed E-state index contributed by atoms with van der Waals surface area (Å²) in [5.74, 6) is 1.71. The number of aromatic nitrogens is 4. The molecule has 1 aromatic carbocycles. The van der Waals surface area contributed by atoms with Gasteiger partial charge in [-0.15, -0.1) is 0 Å². The van der Waals surface area contributed by atoms with Crippen molar-refractivity contribution in [3.63, 3.8) is 0 Å². The third-order valence-electron chi connectivity index (χ3n) is 2.29. The molecule has 0 N–H and O–H groups in total. The van der Waals surface area contributed by atoms with Crippen molar-refractivity contribution in [3.05, 3.63) is 61.1 Å². The van der Waals surface area contributed by atoms with Gasteiger partial charge in [0.05, 0.1) is 0 Å². The minimum absolute atomic E-state index is 0.480. The molecule has 88 valence electrons. The van der Waals surface area contributed by atoms with Gasteiger partial charge in [0.15, 0.2) is 0 Å². The fourth-order valence-corrected chi connectivity index (χ4v) is 1.50. The average molecular weight is 238 g/mol. The van der Waals surface area contributed by atoms with Gasteiger partial charge in [-0.3, -0.25) is 0 Å². The monoisotopic (exact) mass is 238 g/mol. The third kappa shape index (κ3) is 2.20. The summed E-state index contributed by atoms with van der Waals surface area (Å²) in [7, 11) is 0. The van der Waals surface area contributed by atoms with Crippen LogP contribution in [-0.4, -0.2) is 19.7 Å². The normalized spacial score (nSPS) is 10.2. The molecular formula is C13H10N4O. The molecule has 0 aliphatic heterocycles. The highest BCUT2D eigenvalue weighted by molar-refractivity contribution is 5.27. The molecule has 0 unspecified atom stereocenters. The van der Waals surface area contributed by atoms with Gasteiger partial charge in [0.1, 0.15) is 5.75 Å². The minimum Gasteiger partial charge on any atom is -0.439 e. The standard InChI is InChI=1S/C13H10N4O/c1-2-5-11(6-3-1)18-12-7-9-14-13(16-12)17-10-4-8-15-17/h1-10H. The van der Waals surface area contributed by atoms with E-state index >= 15 is 0 Å². The highest BCUT2D eigenvalue weighted by atomic mass is 16.5. The highest BCUT2D eigenvalue weighted by Crippen LogP contribution is 2.18. The fraction of sp³-hybridized carbons (Fsp3) is 0. The Hall–Kier alpha value is -2.69. The predicted molar refractivity (Wildman–Crippen MR) is 65.7 cm³/mol. The summed E-state index contributed by atoms with van der Waals surface area (Å²) in [4.78, 5) is 8.41. The molecule has 0 saturated heterocycles. The van der Waals surface area contributed by atoms with Crippen molar-refractivity contribution in [3.8, 4) is 17.6 Å². The molecule has 5 heteroatoms. The third-order valence-corrected chi connectivity index (χ3v) is 2.29. The van der Waals surface area contributed by atoms with Gasteiger partial charge in [0.2, 0.25) is 5.88 Å². The van der Waals surface area contributed by atoms with Crippen LogP contribution in [0.3, 0.4) is 0 Å². The lowest BCUT2D eigenvalue weighted by atomic mass is 10.3. The number of hydrogen-bond acceptors (Lipinski definition) is 4. The van der Waals surface area contributed by atoms with Crippen molar-refractivity contribution in [2.45, 2.75) is 0 Å². The molecule has 5 nitrogen and oxygen atoms in total. The first kappa shape index (κ1) is 10.5. The number of ether oxygens (including phenoxy) is 1. The van der Waals surface area contributed by atoms with Crippen LogP contribution in [0.2, 0.25) is 0 Å². The van der Waals surface area contributed by atoms with E-state index in [1.165, 1.54) is 0 Å². The van der Waals surface area contributed by atoms with Crippen LogP contribution in [0, 0.1) is 0 Å². The maximum absolute atomic E-state index is 5.62. The summed E-state index contributed by atoms with van der Waals surface area (Å²) < 4.78 is 7.21. The number of rotatable bonds is 3. The lowest BCUT2D eigenvalue weighted by Gasteiger charge is -2.05. The van der Waals surface area contributed by atoms with E-state index in [1.807, 2.05) is 36.4 Å². The first-order valence-corrected chi connectivity index (χ1v) is 5.48. The predicted octanol–water partition coefficient (Wildman–Crippen LogP) is 2.45. The van der Waals surface area contributed by atoms with Crippen LogP contribution < -0.4 is 4.74 Å². The molecule has 0 amide bonds. The SMILES string of the molecule is c1ccc(Oc2ccnc(-n3cccn3)n2)cc1. The van der Waals surface area contributed by atoms with Crippen LogP contribution in [-0.2, 0) is 0 Å². The van der Waals surface area contributed by atoms with Crippen LogP contribution in [0.1, 0.15) is 0 Å². The molecule has 3 aromatic rings. The van der Waals surface area contributed by atoms with Crippen LogP contribution in [0.25, 0.3) is 5.95 Å². The van der Waals surface area contributed by atoms with E-state index in [9.17, 15) is 0 Å². The van der Waals surface area contributed by atoms with Crippen molar-refractivity contribution in [2.24, 2.45) is 0 Å². The van der Waals surface area contributed by atoms with Gasteiger partial charge in [0.25, 0.3) is 5.95 Å². The van der Waals surface area contributed by atoms with Gasteiger partial charge < -0.3 is 4.74 Å². The molecule has 3 rings (SSSR count). The molecule has 18 heavy (non-hydrogen) atoms. The van der Waals surface area contributed by atoms with Gasteiger partial charge in [-0.2, -0.15) is 10.1 Å². The summed E-state index contributed by atoms with van der Waals surface area (Å²) in [5.41, 5.74) is 0. The second kappa shape index (κ2) is 4.67. The van der Waals surface area contributed by atoms with Crippen molar-refractivity contribution < 1.29 is 4.74 Å². The quantitative estimate of drug-likeness (QED) is 0.703. The Balaban J connectivity index is 1.88. The Morgan fingerprint density at radius 2 is 1.83 bits per heavy atom. The lowest BCUT2D eigenvalue weighted by molar-refractivity contribution is 0.459. The van der Waals surface area contributed by atoms with Crippen LogP contribution >= 0.6 is 0 Å². The summed E-state index contributed by atoms with van der Waals surface area (Å²) >= 11 is 0. The Morgan fingerprint density at radius 3 is 2.61 bits per heavy atom. The summed E-state index contributed by atoms with van der Waals surface area (Å²) in [5, 5.41) is 4.07. The Bertz CT molecular complexity index is 623. The van der Waals surface area contributed by atoms with E-state index in [2.05, 4.69) is 15.1 Å². The summed E-state index contributed by atoms with van der Waals surface area (Å²) in [6.07, 6.45) is 5.10. The minimum atomic E-state index is 0.480. The number of hydrogen-bond donors (Lipinski definition) is 0. The van der Waals surface area contributed by atoms with Crippen molar-refractivity contribution >= 4 is 0 Å². The van der Waals surface area contributed by atoms with Gasteiger partial charge in [-0.05, 0) is 18.2 Å². The first-order chi connectivity index (χ1) is 8.92. The molecule has 0 saturated carbocycles. The van der Waals surface area contributed by atoms with Gasteiger partial charge >= 0.3 is 0 Å². The number of para-hydroxylation sites is 1. The van der Waals surface area contributed by atoms with Crippen molar-refractivity contribution in [1.82, 2.24) is 19.7 Å². The van der Waals surface area contributed by atoms with E-state index in [0.717, 1.165) is 5.75 Å². The zero-order chi connectivity index (χ0) is 12.2. The average Bonchev–Trinajstić information content (AvgIpc) is 2.94.